The van der Waals surface area contributed by atoms with E-state index in [2.05, 4.69) is 5.32 Å². The van der Waals surface area contributed by atoms with Crippen molar-refractivity contribution in [3.63, 3.8) is 0 Å². The molecule has 0 aliphatic carbocycles. The minimum absolute atomic E-state index is 0.0996. The first-order valence-corrected chi connectivity index (χ1v) is 14.0. The monoisotopic (exact) mass is 561 g/mol. The van der Waals surface area contributed by atoms with Crippen molar-refractivity contribution in [3.8, 4) is 17.2 Å². The fraction of sp³-hybridized carbons (Fsp3) is 0.207. The van der Waals surface area contributed by atoms with Crippen molar-refractivity contribution in [2.24, 2.45) is 0 Å². The number of carbonyl (C=O) groups excluding carboxylic acids is 1. The second-order valence-electron chi connectivity index (χ2n) is 8.63. The van der Waals surface area contributed by atoms with Crippen molar-refractivity contribution < 1.29 is 19.0 Å². The zero-order valence-corrected chi connectivity index (χ0v) is 23.4. The van der Waals surface area contributed by atoms with Crippen molar-refractivity contribution in [2.45, 2.75) is 18.1 Å². The minimum atomic E-state index is -0.193. The van der Waals surface area contributed by atoms with E-state index < -0.39 is 0 Å². The predicted molar refractivity (Wildman–Crippen MR) is 157 cm³/mol. The largest absolute Gasteiger partial charge is 0.497 e. The topological polar surface area (TPSA) is 91.7 Å². The lowest BCUT2D eigenvalue weighted by Gasteiger charge is -2.13. The second-order valence-corrected chi connectivity index (χ2v) is 10.6. The molecule has 1 amide bonds. The molecule has 0 aliphatic heterocycles. The molecule has 0 unspecified atom stereocenters. The van der Waals surface area contributed by atoms with Gasteiger partial charge in [0.15, 0.2) is 16.7 Å². The van der Waals surface area contributed by atoms with E-state index in [9.17, 15) is 9.59 Å². The van der Waals surface area contributed by atoms with Crippen molar-refractivity contribution in [1.29, 1.82) is 0 Å². The van der Waals surface area contributed by atoms with Gasteiger partial charge in [0.2, 0.25) is 5.91 Å². The number of benzene rings is 3. The molecule has 2 aromatic heterocycles. The van der Waals surface area contributed by atoms with E-state index in [1.54, 1.807) is 50.2 Å². The maximum absolute atomic E-state index is 13.7. The van der Waals surface area contributed by atoms with Gasteiger partial charge in [0.25, 0.3) is 5.56 Å². The Balaban J connectivity index is 1.43. The fourth-order valence-electron chi connectivity index (χ4n) is 4.24. The van der Waals surface area contributed by atoms with Crippen molar-refractivity contribution in [3.05, 3.63) is 82.6 Å². The molecule has 0 spiro atoms. The Kier molecular flexibility index (Phi) is 8.04. The van der Waals surface area contributed by atoms with Gasteiger partial charge in [-0.1, -0.05) is 36.0 Å². The maximum Gasteiger partial charge on any atom is 0.272 e. The van der Waals surface area contributed by atoms with Crippen LogP contribution in [0.4, 0.5) is 5.69 Å². The highest BCUT2D eigenvalue weighted by atomic mass is 32.2. The molecule has 0 aliphatic rings. The quantitative estimate of drug-likeness (QED) is 0.175. The predicted octanol–water partition coefficient (Wildman–Crippen LogP) is 5.61. The van der Waals surface area contributed by atoms with Gasteiger partial charge >= 0.3 is 0 Å². The molecule has 5 aromatic rings. The third-order valence-corrected chi connectivity index (χ3v) is 8.35. The van der Waals surface area contributed by atoms with E-state index in [1.165, 1.54) is 23.1 Å². The molecule has 0 saturated heterocycles. The summed E-state index contributed by atoms with van der Waals surface area (Å²) in [4.78, 5) is 31.4. The Bertz CT molecular complexity index is 1700. The Hall–Kier alpha value is -4.02. The zero-order chi connectivity index (χ0) is 27.4. The number of rotatable bonds is 10. The molecular weight excluding hydrogens is 534 g/mol. The summed E-state index contributed by atoms with van der Waals surface area (Å²) < 4.78 is 19.2. The summed E-state index contributed by atoms with van der Waals surface area (Å²) in [6.07, 6.45) is 0.573. The lowest BCUT2D eigenvalue weighted by atomic mass is 10.1. The van der Waals surface area contributed by atoms with Crippen LogP contribution in [0.1, 0.15) is 5.56 Å². The Labute approximate surface area is 233 Å². The average Bonchev–Trinajstić information content (AvgIpc) is 3.35. The first-order valence-electron chi connectivity index (χ1n) is 12.2. The highest BCUT2D eigenvalue weighted by molar-refractivity contribution is 7.99. The molecule has 0 radical (unpaired) electrons. The smallest absolute Gasteiger partial charge is 0.272 e. The Morgan fingerprint density at radius 3 is 2.49 bits per heavy atom. The summed E-state index contributed by atoms with van der Waals surface area (Å²) in [5.41, 5.74) is 2.21. The van der Waals surface area contributed by atoms with Crippen LogP contribution >= 0.6 is 23.1 Å². The number of nitrogens with zero attached hydrogens (tertiary/aromatic N) is 2. The molecule has 0 fully saturated rings. The molecule has 3 aromatic carbocycles. The molecule has 39 heavy (non-hydrogen) atoms. The third kappa shape index (κ3) is 5.71. The number of thiophene rings is 1. The van der Waals surface area contributed by atoms with Crippen LogP contribution in [-0.2, 0) is 17.8 Å². The molecule has 0 saturated carbocycles. The maximum atomic E-state index is 13.7. The van der Waals surface area contributed by atoms with Crippen LogP contribution in [0.5, 0.6) is 17.2 Å². The molecule has 8 nitrogen and oxygen atoms in total. The SMILES string of the molecule is COc1ccc(NC(=O)CSc2nc3c(sc4ccccc43)c(=O)n2CCc2ccc(OC)c(OC)c2)cc1. The van der Waals surface area contributed by atoms with E-state index in [1.807, 2.05) is 42.5 Å². The molecule has 2 heterocycles. The number of aryl methyl sites for hydroxylation is 1. The van der Waals surface area contributed by atoms with Crippen molar-refractivity contribution in [1.82, 2.24) is 9.55 Å². The van der Waals surface area contributed by atoms with Crippen LogP contribution in [-0.4, -0.2) is 42.5 Å². The molecule has 200 valence electrons. The van der Waals surface area contributed by atoms with Crippen molar-refractivity contribution >= 4 is 55.0 Å². The Morgan fingerprint density at radius 2 is 1.74 bits per heavy atom. The van der Waals surface area contributed by atoms with Crippen LogP contribution in [0.15, 0.2) is 76.7 Å². The standard InChI is InChI=1S/C29H27N3O5S2/c1-35-20-11-9-19(10-12-20)30-25(33)17-38-29-31-26-21-6-4-5-7-24(21)39-27(26)28(34)32(29)15-14-18-8-13-22(36-2)23(16-18)37-3/h4-13,16H,14-15,17H2,1-3H3,(H,30,33). The molecule has 10 heteroatoms. The number of anilines is 1. The van der Waals surface area contributed by atoms with Crippen LogP contribution in [0.2, 0.25) is 0 Å². The normalized spacial score (nSPS) is 11.1. The van der Waals surface area contributed by atoms with Crippen molar-refractivity contribution in [2.75, 3.05) is 32.4 Å². The number of hydrogen-bond acceptors (Lipinski definition) is 8. The number of methoxy groups -OCH3 is 3. The minimum Gasteiger partial charge on any atom is -0.497 e. The van der Waals surface area contributed by atoms with Gasteiger partial charge in [-0.25, -0.2) is 4.98 Å². The summed E-state index contributed by atoms with van der Waals surface area (Å²) in [7, 11) is 4.78. The van der Waals surface area contributed by atoms with Crippen LogP contribution in [0, 0.1) is 0 Å². The first-order chi connectivity index (χ1) is 19.0. The molecule has 0 atom stereocenters. The second kappa shape index (κ2) is 11.8. The van der Waals surface area contributed by atoms with Gasteiger partial charge in [-0.05, 0) is 54.4 Å². The number of aromatic nitrogens is 2. The average molecular weight is 562 g/mol. The van der Waals surface area contributed by atoms with E-state index >= 15 is 0 Å². The van der Waals surface area contributed by atoms with Gasteiger partial charge in [-0.3, -0.25) is 14.2 Å². The third-order valence-electron chi connectivity index (χ3n) is 6.23. The van der Waals surface area contributed by atoms with E-state index in [0.717, 1.165) is 15.6 Å². The van der Waals surface area contributed by atoms with Gasteiger partial charge in [0.05, 0.1) is 32.6 Å². The van der Waals surface area contributed by atoms with Gasteiger partial charge in [0, 0.05) is 22.3 Å². The summed E-state index contributed by atoms with van der Waals surface area (Å²) in [6, 6.07) is 20.7. The van der Waals surface area contributed by atoms with E-state index in [-0.39, 0.29) is 17.2 Å². The summed E-state index contributed by atoms with van der Waals surface area (Å²) in [6.45, 7) is 0.397. The zero-order valence-electron chi connectivity index (χ0n) is 21.7. The number of amides is 1. The van der Waals surface area contributed by atoms with Crippen LogP contribution < -0.4 is 25.1 Å². The molecular formula is C29H27N3O5S2. The summed E-state index contributed by atoms with van der Waals surface area (Å²) in [5, 5.41) is 4.32. The molecule has 1 N–H and O–H groups in total. The van der Waals surface area contributed by atoms with Gasteiger partial charge < -0.3 is 19.5 Å². The van der Waals surface area contributed by atoms with Gasteiger partial charge in [-0.2, -0.15) is 0 Å². The summed E-state index contributed by atoms with van der Waals surface area (Å²) >= 11 is 2.69. The number of nitrogens with one attached hydrogen (secondary N) is 1. The number of fused-ring (bicyclic) bond motifs is 3. The Morgan fingerprint density at radius 1 is 0.974 bits per heavy atom. The lowest BCUT2D eigenvalue weighted by molar-refractivity contribution is -0.113. The molecule has 0 bridgehead atoms. The van der Waals surface area contributed by atoms with Crippen LogP contribution in [0.25, 0.3) is 20.3 Å². The number of thioether (sulfide) groups is 1. The number of ether oxygens (including phenoxy) is 3. The first kappa shape index (κ1) is 26.6. The van der Waals surface area contributed by atoms with E-state index in [4.69, 9.17) is 19.2 Å². The number of hydrogen-bond donors (Lipinski definition) is 1. The van der Waals surface area contributed by atoms with E-state index in [0.29, 0.717) is 51.3 Å². The van der Waals surface area contributed by atoms with Crippen LogP contribution in [0.3, 0.4) is 0 Å². The highest BCUT2D eigenvalue weighted by Crippen LogP contribution is 2.32. The highest BCUT2D eigenvalue weighted by Gasteiger charge is 2.18. The van der Waals surface area contributed by atoms with Gasteiger partial charge in [-0.15, -0.1) is 11.3 Å². The fourth-order valence-corrected chi connectivity index (χ4v) is 6.15. The molecule has 5 rings (SSSR count). The number of carbonyl (C=O) groups is 1. The van der Waals surface area contributed by atoms with Gasteiger partial charge in [0.1, 0.15) is 10.4 Å². The lowest BCUT2D eigenvalue weighted by Crippen LogP contribution is -2.24. The summed E-state index contributed by atoms with van der Waals surface area (Å²) in [5.74, 6) is 1.89.